The van der Waals surface area contributed by atoms with E-state index < -0.39 is 0 Å². The van der Waals surface area contributed by atoms with Crippen molar-refractivity contribution in [2.24, 2.45) is 0 Å². The summed E-state index contributed by atoms with van der Waals surface area (Å²) in [6.07, 6.45) is 6.63. The van der Waals surface area contributed by atoms with Gasteiger partial charge in [0.25, 0.3) is 5.91 Å². The van der Waals surface area contributed by atoms with Crippen LogP contribution in [0.3, 0.4) is 0 Å². The summed E-state index contributed by atoms with van der Waals surface area (Å²) in [5, 5.41) is 2.91. The molecule has 0 aliphatic heterocycles. The van der Waals surface area contributed by atoms with Gasteiger partial charge in [0.15, 0.2) is 5.58 Å². The number of aryl methyl sites for hydroxylation is 1. The van der Waals surface area contributed by atoms with E-state index in [0.717, 1.165) is 27.8 Å². The van der Waals surface area contributed by atoms with E-state index >= 15 is 0 Å². The number of imidazole rings is 1. The van der Waals surface area contributed by atoms with Crippen LogP contribution in [0.15, 0.2) is 71.7 Å². The van der Waals surface area contributed by atoms with E-state index in [0.29, 0.717) is 23.8 Å². The molecule has 0 aliphatic rings. The van der Waals surface area contributed by atoms with Gasteiger partial charge in [0, 0.05) is 36.9 Å². The Morgan fingerprint density at radius 2 is 2.00 bits per heavy atom. The summed E-state index contributed by atoms with van der Waals surface area (Å²) in [5.41, 5.74) is 5.10. The Morgan fingerprint density at radius 3 is 2.86 bits per heavy atom. The SMILES string of the molecule is Cc1ccc2nc(-c3ccc(CNC(=O)c4cnc5nccn5c4)cc3)oc2c1. The zero-order valence-electron chi connectivity index (χ0n) is 15.7. The van der Waals surface area contributed by atoms with E-state index in [-0.39, 0.29) is 5.91 Å². The van der Waals surface area contributed by atoms with Gasteiger partial charge in [-0.25, -0.2) is 15.0 Å². The molecule has 3 heterocycles. The fourth-order valence-corrected chi connectivity index (χ4v) is 3.14. The largest absolute Gasteiger partial charge is 0.436 e. The maximum Gasteiger partial charge on any atom is 0.254 e. The summed E-state index contributed by atoms with van der Waals surface area (Å²) in [4.78, 5) is 25.2. The number of nitrogens with one attached hydrogen (secondary N) is 1. The topological polar surface area (TPSA) is 85.3 Å². The molecule has 0 unspecified atom stereocenters. The van der Waals surface area contributed by atoms with Crippen LogP contribution in [0.5, 0.6) is 0 Å². The molecule has 7 heteroatoms. The van der Waals surface area contributed by atoms with Gasteiger partial charge in [-0.3, -0.25) is 9.20 Å². The predicted octanol–water partition coefficient (Wildman–Crippen LogP) is 3.78. The first-order valence-corrected chi connectivity index (χ1v) is 9.19. The van der Waals surface area contributed by atoms with Crippen LogP contribution in [0, 0.1) is 6.92 Å². The van der Waals surface area contributed by atoms with Crippen molar-refractivity contribution < 1.29 is 9.21 Å². The average molecular weight is 383 g/mol. The Bertz CT molecular complexity index is 1330. The molecule has 3 aromatic heterocycles. The highest BCUT2D eigenvalue weighted by Crippen LogP contribution is 2.25. The molecule has 0 aliphatic carbocycles. The molecule has 0 bridgehead atoms. The lowest BCUT2D eigenvalue weighted by atomic mass is 10.1. The number of carbonyl (C=O) groups excluding carboxylic acids is 1. The van der Waals surface area contributed by atoms with Crippen LogP contribution in [-0.4, -0.2) is 25.3 Å². The minimum absolute atomic E-state index is 0.188. The summed E-state index contributed by atoms with van der Waals surface area (Å²) in [6.45, 7) is 2.43. The maximum absolute atomic E-state index is 12.4. The summed E-state index contributed by atoms with van der Waals surface area (Å²) >= 11 is 0. The van der Waals surface area contributed by atoms with Crippen molar-refractivity contribution in [1.82, 2.24) is 24.7 Å². The molecule has 0 saturated carbocycles. The summed E-state index contributed by atoms with van der Waals surface area (Å²) in [5.74, 6) is 0.957. The maximum atomic E-state index is 12.4. The van der Waals surface area contributed by atoms with E-state index in [9.17, 15) is 4.79 Å². The van der Waals surface area contributed by atoms with Crippen LogP contribution < -0.4 is 5.32 Å². The number of hydrogen-bond donors (Lipinski definition) is 1. The van der Waals surface area contributed by atoms with Gasteiger partial charge < -0.3 is 9.73 Å². The molecule has 0 radical (unpaired) electrons. The zero-order valence-corrected chi connectivity index (χ0v) is 15.7. The molecule has 1 N–H and O–H groups in total. The van der Waals surface area contributed by atoms with E-state index in [4.69, 9.17) is 4.42 Å². The summed E-state index contributed by atoms with van der Waals surface area (Å²) in [6, 6.07) is 13.7. The Kier molecular flexibility index (Phi) is 4.05. The number of carbonyl (C=O) groups is 1. The van der Waals surface area contributed by atoms with Gasteiger partial charge in [-0.2, -0.15) is 0 Å². The first kappa shape index (κ1) is 17.1. The van der Waals surface area contributed by atoms with Gasteiger partial charge in [-0.15, -0.1) is 0 Å². The highest BCUT2D eigenvalue weighted by Gasteiger charge is 2.10. The third-order valence-electron chi connectivity index (χ3n) is 4.71. The number of hydrogen-bond acceptors (Lipinski definition) is 5. The monoisotopic (exact) mass is 383 g/mol. The number of amides is 1. The van der Waals surface area contributed by atoms with Crippen LogP contribution in [-0.2, 0) is 6.54 Å². The Hall–Kier alpha value is -4.00. The summed E-state index contributed by atoms with van der Waals surface area (Å²) < 4.78 is 7.58. The molecular formula is C22H17N5O2. The van der Waals surface area contributed by atoms with Gasteiger partial charge in [-0.05, 0) is 42.3 Å². The van der Waals surface area contributed by atoms with Crippen molar-refractivity contribution in [3.05, 3.63) is 83.9 Å². The van der Waals surface area contributed by atoms with Gasteiger partial charge >= 0.3 is 0 Å². The third-order valence-corrected chi connectivity index (χ3v) is 4.71. The van der Waals surface area contributed by atoms with Gasteiger partial charge in [0.2, 0.25) is 11.7 Å². The second-order valence-electron chi connectivity index (χ2n) is 6.85. The number of rotatable bonds is 4. The van der Waals surface area contributed by atoms with Crippen molar-refractivity contribution in [2.75, 3.05) is 0 Å². The van der Waals surface area contributed by atoms with Gasteiger partial charge in [0.05, 0.1) is 5.56 Å². The Balaban J connectivity index is 1.29. The van der Waals surface area contributed by atoms with Crippen LogP contribution in [0.4, 0.5) is 0 Å². The summed E-state index contributed by atoms with van der Waals surface area (Å²) in [7, 11) is 0. The highest BCUT2D eigenvalue weighted by molar-refractivity contribution is 5.93. The molecule has 0 saturated heterocycles. The highest BCUT2D eigenvalue weighted by atomic mass is 16.3. The molecule has 29 heavy (non-hydrogen) atoms. The van der Waals surface area contributed by atoms with Crippen LogP contribution >= 0.6 is 0 Å². The molecule has 142 valence electrons. The van der Waals surface area contributed by atoms with E-state index in [2.05, 4.69) is 20.3 Å². The number of oxazole rings is 1. The fourth-order valence-electron chi connectivity index (χ4n) is 3.14. The molecule has 1 amide bonds. The lowest BCUT2D eigenvalue weighted by molar-refractivity contribution is 0.0950. The molecular weight excluding hydrogens is 366 g/mol. The molecule has 2 aromatic carbocycles. The lowest BCUT2D eigenvalue weighted by Gasteiger charge is -2.06. The normalized spacial score (nSPS) is 11.2. The molecule has 5 aromatic rings. The fraction of sp³-hybridized carbons (Fsp3) is 0.0909. The van der Waals surface area contributed by atoms with Crippen molar-refractivity contribution in [3.8, 4) is 11.5 Å². The predicted molar refractivity (Wildman–Crippen MR) is 108 cm³/mol. The van der Waals surface area contributed by atoms with Gasteiger partial charge in [0.1, 0.15) is 5.52 Å². The lowest BCUT2D eigenvalue weighted by Crippen LogP contribution is -2.23. The number of nitrogens with zero attached hydrogens (tertiary/aromatic N) is 4. The second-order valence-corrected chi connectivity index (χ2v) is 6.85. The molecule has 0 fully saturated rings. The van der Waals surface area contributed by atoms with Crippen LogP contribution in [0.2, 0.25) is 0 Å². The molecule has 0 spiro atoms. The van der Waals surface area contributed by atoms with Gasteiger partial charge in [-0.1, -0.05) is 18.2 Å². The molecule has 7 nitrogen and oxygen atoms in total. The standard InChI is InChI=1S/C22H17N5O2/c1-14-2-7-18-19(10-14)29-21(26-18)16-5-3-15(4-6-16)11-24-20(28)17-12-25-22-23-8-9-27(22)13-17/h2-10,12-13H,11H2,1H3,(H,24,28). The Labute approximate surface area is 166 Å². The number of fused-ring (bicyclic) bond motifs is 2. The first-order valence-electron chi connectivity index (χ1n) is 9.19. The van der Waals surface area contributed by atoms with Crippen molar-refractivity contribution in [3.63, 3.8) is 0 Å². The zero-order chi connectivity index (χ0) is 19.8. The van der Waals surface area contributed by atoms with Crippen molar-refractivity contribution in [2.45, 2.75) is 13.5 Å². The van der Waals surface area contributed by atoms with E-state index in [1.54, 1.807) is 23.0 Å². The minimum atomic E-state index is -0.188. The van der Waals surface area contributed by atoms with Crippen LogP contribution in [0.25, 0.3) is 28.3 Å². The van der Waals surface area contributed by atoms with E-state index in [1.807, 2.05) is 49.4 Å². The first-order chi connectivity index (χ1) is 14.2. The molecule has 0 atom stereocenters. The quantitative estimate of drug-likeness (QED) is 0.510. The minimum Gasteiger partial charge on any atom is -0.436 e. The number of aromatic nitrogens is 4. The average Bonchev–Trinajstić information content (AvgIpc) is 3.38. The van der Waals surface area contributed by atoms with E-state index in [1.165, 1.54) is 6.20 Å². The van der Waals surface area contributed by atoms with Crippen molar-refractivity contribution >= 4 is 22.8 Å². The Morgan fingerprint density at radius 1 is 1.14 bits per heavy atom. The number of benzene rings is 2. The molecule has 5 rings (SSSR count). The van der Waals surface area contributed by atoms with Crippen molar-refractivity contribution in [1.29, 1.82) is 0 Å². The smallest absolute Gasteiger partial charge is 0.254 e. The second kappa shape index (κ2) is 6.87. The third kappa shape index (κ3) is 3.34. The van der Waals surface area contributed by atoms with Crippen LogP contribution in [0.1, 0.15) is 21.5 Å².